The van der Waals surface area contributed by atoms with E-state index >= 15 is 0 Å². The summed E-state index contributed by atoms with van der Waals surface area (Å²) in [5, 5.41) is 12.4. The van der Waals surface area contributed by atoms with Crippen LogP contribution in [0, 0.1) is 0 Å². The van der Waals surface area contributed by atoms with Crippen LogP contribution >= 0.6 is 0 Å². The Balaban J connectivity index is 1.69. The number of nitrogens with zero attached hydrogens (tertiary/aromatic N) is 1. The van der Waals surface area contributed by atoms with Gasteiger partial charge in [-0.2, -0.15) is 0 Å². The fraction of sp³-hybridized carbons (Fsp3) is 0.368. The Morgan fingerprint density at radius 3 is 2.60 bits per heavy atom. The van der Waals surface area contributed by atoms with Gasteiger partial charge in [0.1, 0.15) is 0 Å². The SMILES string of the molecule is O=C(O)c1ccc(-c2cccn(CCNC3CCOCC3)c2=O)cc1. The zero-order valence-electron chi connectivity index (χ0n) is 14.0. The van der Waals surface area contributed by atoms with Crippen molar-refractivity contribution in [2.24, 2.45) is 0 Å². The molecular weight excluding hydrogens is 320 g/mol. The summed E-state index contributed by atoms with van der Waals surface area (Å²) in [6.45, 7) is 2.90. The molecule has 132 valence electrons. The van der Waals surface area contributed by atoms with E-state index in [1.807, 2.05) is 6.07 Å². The molecule has 1 aliphatic heterocycles. The molecular formula is C19H22N2O4. The van der Waals surface area contributed by atoms with Crippen LogP contribution in [-0.2, 0) is 11.3 Å². The zero-order valence-corrected chi connectivity index (χ0v) is 14.0. The van der Waals surface area contributed by atoms with Crippen LogP contribution in [0.4, 0.5) is 0 Å². The number of ether oxygens (including phenoxy) is 1. The number of benzene rings is 1. The van der Waals surface area contributed by atoms with Crippen molar-refractivity contribution in [3.05, 3.63) is 58.5 Å². The molecule has 3 rings (SSSR count). The predicted molar refractivity (Wildman–Crippen MR) is 94.9 cm³/mol. The van der Waals surface area contributed by atoms with E-state index in [0.717, 1.165) is 38.2 Å². The molecule has 0 spiro atoms. The molecule has 2 aromatic rings. The molecule has 0 saturated carbocycles. The molecule has 1 aromatic carbocycles. The van der Waals surface area contributed by atoms with Crippen LogP contribution in [0.5, 0.6) is 0 Å². The Morgan fingerprint density at radius 1 is 1.20 bits per heavy atom. The number of aromatic carboxylic acids is 1. The number of pyridine rings is 1. The molecule has 0 amide bonds. The topological polar surface area (TPSA) is 80.6 Å². The maximum absolute atomic E-state index is 12.7. The summed E-state index contributed by atoms with van der Waals surface area (Å²) in [6, 6.07) is 10.4. The maximum atomic E-state index is 12.7. The minimum absolute atomic E-state index is 0.0700. The number of aromatic nitrogens is 1. The van der Waals surface area contributed by atoms with E-state index in [-0.39, 0.29) is 11.1 Å². The molecule has 6 nitrogen and oxygen atoms in total. The van der Waals surface area contributed by atoms with Gasteiger partial charge in [0.05, 0.1) is 5.56 Å². The van der Waals surface area contributed by atoms with Crippen molar-refractivity contribution in [2.45, 2.75) is 25.4 Å². The molecule has 1 saturated heterocycles. The first-order valence-corrected chi connectivity index (χ1v) is 8.49. The van der Waals surface area contributed by atoms with Crippen LogP contribution in [0.3, 0.4) is 0 Å². The lowest BCUT2D eigenvalue weighted by Crippen LogP contribution is -2.37. The third-order valence-corrected chi connectivity index (χ3v) is 4.47. The highest BCUT2D eigenvalue weighted by Gasteiger charge is 2.13. The quantitative estimate of drug-likeness (QED) is 0.839. The van der Waals surface area contributed by atoms with Gasteiger partial charge < -0.3 is 19.7 Å². The molecule has 0 unspecified atom stereocenters. The van der Waals surface area contributed by atoms with Gasteiger partial charge in [-0.3, -0.25) is 4.79 Å². The Labute approximate surface area is 146 Å². The number of rotatable bonds is 6. The van der Waals surface area contributed by atoms with E-state index < -0.39 is 5.97 Å². The molecule has 1 aliphatic rings. The molecule has 0 radical (unpaired) electrons. The van der Waals surface area contributed by atoms with Gasteiger partial charge in [0.25, 0.3) is 5.56 Å². The third kappa shape index (κ3) is 4.35. The Kier molecular flexibility index (Phi) is 5.63. The molecule has 1 fully saturated rings. The van der Waals surface area contributed by atoms with Gasteiger partial charge in [-0.15, -0.1) is 0 Å². The molecule has 2 N–H and O–H groups in total. The second-order valence-electron chi connectivity index (χ2n) is 6.14. The minimum Gasteiger partial charge on any atom is -0.478 e. The fourth-order valence-electron chi connectivity index (χ4n) is 3.02. The van der Waals surface area contributed by atoms with Crippen molar-refractivity contribution in [3.63, 3.8) is 0 Å². The predicted octanol–water partition coefficient (Wildman–Crippen LogP) is 1.98. The smallest absolute Gasteiger partial charge is 0.335 e. The van der Waals surface area contributed by atoms with Crippen LogP contribution in [0.1, 0.15) is 23.2 Å². The summed E-state index contributed by atoms with van der Waals surface area (Å²) < 4.78 is 7.03. The Bertz CT molecular complexity index is 777. The average Bonchev–Trinajstić information content (AvgIpc) is 2.64. The summed E-state index contributed by atoms with van der Waals surface area (Å²) in [6.07, 6.45) is 3.79. The van der Waals surface area contributed by atoms with Crippen molar-refractivity contribution >= 4 is 5.97 Å². The van der Waals surface area contributed by atoms with Gasteiger partial charge in [-0.05, 0) is 42.7 Å². The largest absolute Gasteiger partial charge is 0.478 e. The monoisotopic (exact) mass is 342 g/mol. The number of nitrogens with one attached hydrogen (secondary N) is 1. The van der Waals surface area contributed by atoms with Gasteiger partial charge in [-0.1, -0.05) is 12.1 Å². The number of carboxylic acids is 1. The second kappa shape index (κ2) is 8.09. The Hall–Kier alpha value is -2.44. The van der Waals surface area contributed by atoms with Gasteiger partial charge >= 0.3 is 5.97 Å². The summed E-state index contributed by atoms with van der Waals surface area (Å²) in [7, 11) is 0. The van der Waals surface area contributed by atoms with Crippen LogP contribution in [-0.4, -0.2) is 41.4 Å². The molecule has 25 heavy (non-hydrogen) atoms. The highest BCUT2D eigenvalue weighted by Crippen LogP contribution is 2.16. The zero-order chi connectivity index (χ0) is 17.6. The van der Waals surface area contributed by atoms with Crippen molar-refractivity contribution in [1.82, 2.24) is 9.88 Å². The fourth-order valence-corrected chi connectivity index (χ4v) is 3.02. The number of carbonyl (C=O) groups is 1. The van der Waals surface area contributed by atoms with Gasteiger partial charge in [0.2, 0.25) is 0 Å². The van der Waals surface area contributed by atoms with Gasteiger partial charge in [-0.25, -0.2) is 4.79 Å². The van der Waals surface area contributed by atoms with Crippen LogP contribution in [0.25, 0.3) is 11.1 Å². The highest BCUT2D eigenvalue weighted by atomic mass is 16.5. The third-order valence-electron chi connectivity index (χ3n) is 4.47. The molecule has 1 aromatic heterocycles. The standard InChI is InChI=1S/C19H22N2O4/c22-18-17(14-3-5-15(6-4-14)19(23)24)2-1-10-21(18)11-9-20-16-7-12-25-13-8-16/h1-6,10,16,20H,7-9,11-13H2,(H,23,24). The lowest BCUT2D eigenvalue weighted by Gasteiger charge is -2.23. The normalized spacial score (nSPS) is 15.2. The van der Waals surface area contributed by atoms with E-state index in [9.17, 15) is 9.59 Å². The van der Waals surface area contributed by atoms with E-state index in [1.54, 1.807) is 29.0 Å². The van der Waals surface area contributed by atoms with Gasteiger partial charge in [0, 0.05) is 44.1 Å². The first-order chi connectivity index (χ1) is 12.1. The average molecular weight is 342 g/mol. The summed E-state index contributed by atoms with van der Waals surface area (Å²) in [4.78, 5) is 23.6. The highest BCUT2D eigenvalue weighted by molar-refractivity contribution is 5.88. The molecule has 2 heterocycles. The Morgan fingerprint density at radius 2 is 1.92 bits per heavy atom. The lowest BCUT2D eigenvalue weighted by molar-refractivity contribution is 0.0696. The maximum Gasteiger partial charge on any atom is 0.335 e. The van der Waals surface area contributed by atoms with Crippen molar-refractivity contribution in [1.29, 1.82) is 0 Å². The van der Waals surface area contributed by atoms with Crippen LogP contribution in [0.2, 0.25) is 0 Å². The molecule has 0 bridgehead atoms. The van der Waals surface area contributed by atoms with Crippen molar-refractivity contribution in [3.8, 4) is 11.1 Å². The summed E-state index contributed by atoms with van der Waals surface area (Å²) >= 11 is 0. The molecule has 6 heteroatoms. The molecule has 0 aliphatic carbocycles. The van der Waals surface area contributed by atoms with Crippen LogP contribution < -0.4 is 10.9 Å². The first-order valence-electron chi connectivity index (χ1n) is 8.49. The van der Waals surface area contributed by atoms with Crippen molar-refractivity contribution < 1.29 is 14.6 Å². The number of hydrogen-bond donors (Lipinski definition) is 2. The van der Waals surface area contributed by atoms with Crippen LogP contribution in [0.15, 0.2) is 47.4 Å². The van der Waals surface area contributed by atoms with E-state index in [4.69, 9.17) is 9.84 Å². The van der Waals surface area contributed by atoms with Crippen molar-refractivity contribution in [2.75, 3.05) is 19.8 Å². The van der Waals surface area contributed by atoms with E-state index in [2.05, 4.69) is 5.32 Å². The van der Waals surface area contributed by atoms with E-state index in [0.29, 0.717) is 18.2 Å². The summed E-state index contributed by atoms with van der Waals surface area (Å²) in [5.41, 5.74) is 1.44. The summed E-state index contributed by atoms with van der Waals surface area (Å²) in [5.74, 6) is -0.976. The number of carboxylic acid groups (broad SMARTS) is 1. The van der Waals surface area contributed by atoms with E-state index in [1.165, 1.54) is 12.1 Å². The number of hydrogen-bond acceptors (Lipinski definition) is 4. The second-order valence-corrected chi connectivity index (χ2v) is 6.14. The van der Waals surface area contributed by atoms with Gasteiger partial charge in [0.15, 0.2) is 0 Å². The first kappa shape index (κ1) is 17.4. The lowest BCUT2D eigenvalue weighted by atomic mass is 10.1. The molecule has 0 atom stereocenters. The minimum atomic E-state index is -0.976.